The SMILES string of the molecule is CNS(=O)(=O)c1ccc(-c2cccc(NC(=O)C3(c4ccc5c(c4)OCO5)CC3)n2)cc1.[HH]. The number of anilines is 1. The Kier molecular flexibility index (Phi) is 4.87. The van der Waals surface area contributed by atoms with Gasteiger partial charge in [0.25, 0.3) is 0 Å². The van der Waals surface area contributed by atoms with Crippen LogP contribution in [0.1, 0.15) is 19.8 Å². The summed E-state index contributed by atoms with van der Waals surface area (Å²) in [5, 5.41) is 2.94. The van der Waals surface area contributed by atoms with Gasteiger partial charge in [0, 0.05) is 6.99 Å². The molecule has 0 unspecified atom stereocenters. The fourth-order valence-corrected chi connectivity index (χ4v) is 4.52. The van der Waals surface area contributed by atoms with E-state index < -0.39 is 15.4 Å². The highest BCUT2D eigenvalue weighted by Gasteiger charge is 2.51. The molecule has 5 rings (SSSR count). The average molecular weight is 454 g/mol. The minimum atomic E-state index is -3.51. The molecule has 1 amide bonds. The Hall–Kier alpha value is -3.43. The molecule has 2 aliphatic rings. The van der Waals surface area contributed by atoms with Crippen molar-refractivity contribution < 1.29 is 24.1 Å². The van der Waals surface area contributed by atoms with Crippen molar-refractivity contribution >= 4 is 21.7 Å². The van der Waals surface area contributed by atoms with Gasteiger partial charge in [0.15, 0.2) is 11.5 Å². The summed E-state index contributed by atoms with van der Waals surface area (Å²) in [5.74, 6) is 1.67. The van der Waals surface area contributed by atoms with Crippen molar-refractivity contribution in [3.05, 3.63) is 66.2 Å². The van der Waals surface area contributed by atoms with E-state index in [1.165, 1.54) is 19.2 Å². The molecule has 32 heavy (non-hydrogen) atoms. The molecule has 1 aliphatic heterocycles. The Labute approximate surface area is 187 Å². The van der Waals surface area contributed by atoms with Crippen molar-refractivity contribution in [1.29, 1.82) is 0 Å². The molecule has 8 nitrogen and oxygen atoms in total. The number of ether oxygens (including phenoxy) is 2. The first kappa shape index (κ1) is 20.5. The topological polar surface area (TPSA) is 107 Å². The number of nitrogens with one attached hydrogen (secondary N) is 2. The van der Waals surface area contributed by atoms with Crippen LogP contribution >= 0.6 is 0 Å². The summed E-state index contributed by atoms with van der Waals surface area (Å²) in [7, 11) is -2.14. The molecular formula is C23H23N3O5S. The Morgan fingerprint density at radius 3 is 2.50 bits per heavy atom. The fraction of sp³-hybridized carbons (Fsp3) is 0.217. The van der Waals surface area contributed by atoms with Crippen LogP contribution < -0.4 is 19.5 Å². The normalized spacial score (nSPS) is 15.9. The fourth-order valence-electron chi connectivity index (χ4n) is 3.79. The van der Waals surface area contributed by atoms with E-state index in [0.29, 0.717) is 23.0 Å². The Morgan fingerprint density at radius 1 is 1.03 bits per heavy atom. The van der Waals surface area contributed by atoms with Crippen molar-refractivity contribution in [2.24, 2.45) is 0 Å². The monoisotopic (exact) mass is 453 g/mol. The number of rotatable bonds is 6. The van der Waals surface area contributed by atoms with Gasteiger partial charge >= 0.3 is 0 Å². The number of carbonyl (C=O) groups excluding carboxylic acids is 1. The smallest absolute Gasteiger partial charge is 0.240 e. The standard InChI is InChI=1S/C23H21N3O5S.H2/c1-24-32(28,29)17-8-5-15(6-9-17)18-3-2-4-21(25-18)26-22(27)23(11-12-23)16-7-10-19-20(13-16)31-14-30-19;/h2-10,13,24H,11-12,14H2,1H3,(H,25,26,27);1H. The van der Waals surface area contributed by atoms with Gasteiger partial charge in [-0.15, -0.1) is 0 Å². The number of sulfonamides is 1. The first-order chi connectivity index (χ1) is 15.4. The Morgan fingerprint density at radius 2 is 1.78 bits per heavy atom. The molecule has 166 valence electrons. The molecule has 2 heterocycles. The molecule has 1 saturated carbocycles. The van der Waals surface area contributed by atoms with Gasteiger partial charge in [-0.2, -0.15) is 0 Å². The maximum Gasteiger partial charge on any atom is 0.240 e. The molecule has 0 saturated heterocycles. The summed E-state index contributed by atoms with van der Waals surface area (Å²) < 4.78 is 36.9. The lowest BCUT2D eigenvalue weighted by Gasteiger charge is -2.16. The van der Waals surface area contributed by atoms with Crippen LogP contribution in [0.15, 0.2) is 65.6 Å². The lowest BCUT2D eigenvalue weighted by Crippen LogP contribution is -2.28. The van der Waals surface area contributed by atoms with Gasteiger partial charge < -0.3 is 14.8 Å². The van der Waals surface area contributed by atoms with Crippen molar-refractivity contribution in [2.45, 2.75) is 23.2 Å². The summed E-state index contributed by atoms with van der Waals surface area (Å²) in [5.41, 5.74) is 1.68. The second-order valence-corrected chi connectivity index (χ2v) is 9.63. The maximum atomic E-state index is 13.1. The third kappa shape index (κ3) is 3.59. The van der Waals surface area contributed by atoms with Gasteiger partial charge in [-0.25, -0.2) is 18.1 Å². The molecule has 2 aromatic carbocycles. The number of pyridine rings is 1. The van der Waals surface area contributed by atoms with Crippen LogP contribution in [0.25, 0.3) is 11.3 Å². The van der Waals surface area contributed by atoms with E-state index in [2.05, 4.69) is 15.0 Å². The van der Waals surface area contributed by atoms with Gasteiger partial charge in [-0.3, -0.25) is 4.79 Å². The maximum absolute atomic E-state index is 13.1. The van der Waals surface area contributed by atoms with Crippen molar-refractivity contribution in [3.63, 3.8) is 0 Å². The number of amides is 1. The van der Waals surface area contributed by atoms with Gasteiger partial charge in [0.1, 0.15) is 5.82 Å². The number of hydrogen-bond acceptors (Lipinski definition) is 6. The van der Waals surface area contributed by atoms with Crippen LogP contribution in [0.5, 0.6) is 11.5 Å². The number of benzene rings is 2. The Balaban J connectivity index is 0.00000259. The average Bonchev–Trinajstić information content (AvgIpc) is 3.50. The zero-order chi connectivity index (χ0) is 22.3. The van der Waals surface area contributed by atoms with Gasteiger partial charge in [-0.1, -0.05) is 24.3 Å². The van der Waals surface area contributed by atoms with E-state index in [1.807, 2.05) is 24.3 Å². The molecule has 0 atom stereocenters. The molecular weight excluding hydrogens is 430 g/mol. The van der Waals surface area contributed by atoms with E-state index in [1.54, 1.807) is 24.3 Å². The number of carbonyl (C=O) groups is 1. The highest BCUT2D eigenvalue weighted by atomic mass is 32.2. The molecule has 9 heteroatoms. The third-order valence-electron chi connectivity index (χ3n) is 5.83. The molecule has 3 aromatic rings. The van der Waals surface area contributed by atoms with E-state index in [-0.39, 0.29) is 19.0 Å². The summed E-state index contributed by atoms with van der Waals surface area (Å²) in [4.78, 5) is 17.9. The second kappa shape index (κ2) is 7.61. The molecule has 0 radical (unpaired) electrons. The van der Waals surface area contributed by atoms with E-state index in [9.17, 15) is 13.2 Å². The minimum Gasteiger partial charge on any atom is -0.454 e. The summed E-state index contributed by atoms with van der Waals surface area (Å²) in [6, 6.07) is 17.4. The van der Waals surface area contributed by atoms with Crippen molar-refractivity contribution in [3.8, 4) is 22.8 Å². The quantitative estimate of drug-likeness (QED) is 0.593. The third-order valence-corrected chi connectivity index (χ3v) is 7.26. The molecule has 2 N–H and O–H groups in total. The first-order valence-electron chi connectivity index (χ1n) is 10.1. The summed E-state index contributed by atoms with van der Waals surface area (Å²) >= 11 is 0. The number of nitrogens with zero attached hydrogens (tertiary/aromatic N) is 1. The molecule has 0 bridgehead atoms. The highest BCUT2D eigenvalue weighted by molar-refractivity contribution is 7.89. The van der Waals surface area contributed by atoms with Crippen LogP contribution in [-0.4, -0.2) is 33.1 Å². The summed E-state index contributed by atoms with van der Waals surface area (Å²) in [6.45, 7) is 0.191. The lowest BCUT2D eigenvalue weighted by molar-refractivity contribution is -0.118. The molecule has 1 aromatic heterocycles. The van der Waals surface area contributed by atoms with Gasteiger partial charge in [-0.05, 0) is 61.9 Å². The molecule has 1 fully saturated rings. The largest absolute Gasteiger partial charge is 0.454 e. The number of hydrogen-bond donors (Lipinski definition) is 2. The van der Waals surface area contributed by atoms with Crippen LogP contribution in [0.3, 0.4) is 0 Å². The van der Waals surface area contributed by atoms with Crippen LogP contribution in [0.4, 0.5) is 5.82 Å². The van der Waals surface area contributed by atoms with E-state index in [0.717, 1.165) is 24.0 Å². The highest BCUT2D eigenvalue weighted by Crippen LogP contribution is 2.51. The predicted molar refractivity (Wildman–Crippen MR) is 120 cm³/mol. The van der Waals surface area contributed by atoms with Gasteiger partial charge in [0.05, 0.1) is 16.0 Å². The van der Waals surface area contributed by atoms with Crippen LogP contribution in [-0.2, 0) is 20.2 Å². The lowest BCUT2D eigenvalue weighted by atomic mass is 9.94. The van der Waals surface area contributed by atoms with Crippen LogP contribution in [0, 0.1) is 0 Å². The van der Waals surface area contributed by atoms with Gasteiger partial charge in [0.2, 0.25) is 22.7 Å². The predicted octanol–water partition coefficient (Wildman–Crippen LogP) is 3.30. The molecule has 0 spiro atoms. The summed E-state index contributed by atoms with van der Waals surface area (Å²) in [6.07, 6.45) is 1.50. The zero-order valence-electron chi connectivity index (χ0n) is 17.3. The second-order valence-electron chi connectivity index (χ2n) is 7.74. The van der Waals surface area contributed by atoms with Crippen molar-refractivity contribution in [2.75, 3.05) is 19.2 Å². The van der Waals surface area contributed by atoms with E-state index >= 15 is 0 Å². The van der Waals surface area contributed by atoms with E-state index in [4.69, 9.17) is 9.47 Å². The molecule has 1 aliphatic carbocycles. The minimum absolute atomic E-state index is 0. The van der Waals surface area contributed by atoms with Crippen molar-refractivity contribution in [1.82, 2.24) is 9.71 Å². The number of aromatic nitrogens is 1. The Bertz CT molecular complexity index is 1310. The zero-order valence-corrected chi connectivity index (χ0v) is 18.1. The van der Waals surface area contributed by atoms with Crippen LogP contribution in [0.2, 0.25) is 0 Å². The number of fused-ring (bicyclic) bond motifs is 1. The first-order valence-corrected chi connectivity index (χ1v) is 11.6.